The van der Waals surface area contributed by atoms with E-state index in [1.165, 1.54) is 24.8 Å². The van der Waals surface area contributed by atoms with Crippen molar-refractivity contribution in [1.82, 2.24) is 0 Å². The molecule has 0 aromatic carbocycles. The first-order valence-corrected chi connectivity index (χ1v) is 9.12. The van der Waals surface area contributed by atoms with Gasteiger partial charge in [-0.2, -0.15) is 0 Å². The molecule has 6 atom stereocenters. The standard InChI is InChI=1S/C20H28O2/c1-12-10-14(21)11-13-4-5-15-16-6-7-18(22)19(16,2)9-8-17(15)20(12,13)3/h10,13,15-17H,4-9,11H2,1-3H3/t13-,15-,16-,17-,19-,20-/m0/s1. The largest absolute Gasteiger partial charge is 0.299 e. The van der Waals surface area contributed by atoms with Gasteiger partial charge in [-0.3, -0.25) is 9.59 Å². The summed E-state index contributed by atoms with van der Waals surface area (Å²) in [5.74, 6) is 3.36. The van der Waals surface area contributed by atoms with Crippen molar-refractivity contribution in [3.8, 4) is 0 Å². The van der Waals surface area contributed by atoms with E-state index < -0.39 is 0 Å². The molecule has 4 aliphatic rings. The molecule has 0 unspecified atom stereocenters. The van der Waals surface area contributed by atoms with E-state index >= 15 is 0 Å². The van der Waals surface area contributed by atoms with E-state index in [0.29, 0.717) is 35.2 Å². The van der Waals surface area contributed by atoms with Gasteiger partial charge >= 0.3 is 0 Å². The number of allylic oxidation sites excluding steroid dienone is 2. The van der Waals surface area contributed by atoms with Gasteiger partial charge in [0.25, 0.3) is 0 Å². The van der Waals surface area contributed by atoms with E-state index in [2.05, 4.69) is 20.8 Å². The third-order valence-corrected chi connectivity index (χ3v) is 8.29. The second-order valence-electron chi connectivity index (χ2n) is 8.85. The predicted octanol–water partition coefficient (Wildman–Crippen LogP) is 4.33. The Hall–Kier alpha value is -0.920. The average Bonchev–Trinajstić information content (AvgIpc) is 2.77. The molecule has 4 aliphatic carbocycles. The molecule has 0 saturated heterocycles. The summed E-state index contributed by atoms with van der Waals surface area (Å²) in [6, 6.07) is 0. The predicted molar refractivity (Wildman–Crippen MR) is 86.3 cm³/mol. The summed E-state index contributed by atoms with van der Waals surface area (Å²) in [4.78, 5) is 24.4. The van der Waals surface area contributed by atoms with Gasteiger partial charge < -0.3 is 0 Å². The molecule has 0 aromatic heterocycles. The van der Waals surface area contributed by atoms with Crippen LogP contribution in [0.4, 0.5) is 0 Å². The minimum Gasteiger partial charge on any atom is -0.299 e. The first-order chi connectivity index (χ1) is 10.4. The van der Waals surface area contributed by atoms with Gasteiger partial charge in [0.2, 0.25) is 0 Å². The van der Waals surface area contributed by atoms with E-state index in [1.54, 1.807) is 0 Å². The molecule has 0 heterocycles. The van der Waals surface area contributed by atoms with Crippen LogP contribution in [0.5, 0.6) is 0 Å². The molecule has 3 fully saturated rings. The summed E-state index contributed by atoms with van der Waals surface area (Å²) in [6.45, 7) is 6.84. The van der Waals surface area contributed by atoms with Crippen LogP contribution in [-0.4, -0.2) is 11.6 Å². The molecule has 120 valence electrons. The number of hydrogen-bond acceptors (Lipinski definition) is 2. The van der Waals surface area contributed by atoms with Crippen LogP contribution in [0.1, 0.15) is 65.7 Å². The molecule has 3 saturated carbocycles. The fourth-order valence-corrected chi connectivity index (χ4v) is 6.83. The lowest BCUT2D eigenvalue weighted by molar-refractivity contribution is -0.135. The molecular formula is C20H28O2. The molecule has 0 spiro atoms. The van der Waals surface area contributed by atoms with Gasteiger partial charge in [0, 0.05) is 18.3 Å². The maximum absolute atomic E-state index is 12.4. The minimum atomic E-state index is -0.0352. The van der Waals surface area contributed by atoms with Gasteiger partial charge in [-0.05, 0) is 74.2 Å². The number of hydrogen-bond donors (Lipinski definition) is 0. The zero-order valence-electron chi connectivity index (χ0n) is 14.2. The van der Waals surface area contributed by atoms with Crippen LogP contribution >= 0.6 is 0 Å². The average molecular weight is 300 g/mol. The molecule has 0 N–H and O–H groups in total. The Labute approximate surface area is 133 Å². The normalized spacial score (nSPS) is 51.0. The van der Waals surface area contributed by atoms with Crippen molar-refractivity contribution in [1.29, 1.82) is 0 Å². The van der Waals surface area contributed by atoms with Gasteiger partial charge in [-0.1, -0.05) is 19.4 Å². The Morgan fingerprint density at radius 3 is 2.59 bits per heavy atom. The Kier molecular flexibility index (Phi) is 3.03. The topological polar surface area (TPSA) is 34.1 Å². The number of ketones is 2. The highest BCUT2D eigenvalue weighted by Crippen LogP contribution is 2.65. The van der Waals surface area contributed by atoms with Crippen molar-refractivity contribution < 1.29 is 9.59 Å². The lowest BCUT2D eigenvalue weighted by Crippen LogP contribution is -2.53. The van der Waals surface area contributed by atoms with Crippen molar-refractivity contribution >= 4 is 11.6 Å². The molecular weight excluding hydrogens is 272 g/mol. The van der Waals surface area contributed by atoms with Crippen LogP contribution in [0.15, 0.2) is 11.6 Å². The molecule has 0 aliphatic heterocycles. The van der Waals surface area contributed by atoms with E-state index in [9.17, 15) is 9.59 Å². The number of carbonyl (C=O) groups is 2. The highest BCUT2D eigenvalue weighted by atomic mass is 16.1. The van der Waals surface area contributed by atoms with Crippen molar-refractivity contribution in [2.45, 2.75) is 65.7 Å². The molecule has 22 heavy (non-hydrogen) atoms. The lowest BCUT2D eigenvalue weighted by Gasteiger charge is -2.59. The summed E-state index contributed by atoms with van der Waals surface area (Å²) in [7, 11) is 0. The third-order valence-electron chi connectivity index (χ3n) is 8.29. The van der Waals surface area contributed by atoms with E-state index in [0.717, 1.165) is 25.7 Å². The van der Waals surface area contributed by atoms with Gasteiger partial charge in [0.15, 0.2) is 5.78 Å². The van der Waals surface area contributed by atoms with E-state index in [1.807, 2.05) is 6.08 Å². The van der Waals surface area contributed by atoms with Gasteiger partial charge in [0.1, 0.15) is 5.78 Å². The molecule has 2 nitrogen and oxygen atoms in total. The Morgan fingerprint density at radius 1 is 1.05 bits per heavy atom. The second-order valence-corrected chi connectivity index (χ2v) is 8.85. The second kappa shape index (κ2) is 4.55. The summed E-state index contributed by atoms with van der Waals surface area (Å²) in [5, 5.41) is 0. The first kappa shape index (κ1) is 14.7. The fraction of sp³-hybridized carbons (Fsp3) is 0.800. The molecule has 0 aromatic rings. The lowest BCUT2D eigenvalue weighted by atomic mass is 9.45. The first-order valence-electron chi connectivity index (χ1n) is 9.12. The van der Waals surface area contributed by atoms with Gasteiger partial charge in [-0.25, -0.2) is 0 Å². The van der Waals surface area contributed by atoms with Crippen LogP contribution in [0.2, 0.25) is 0 Å². The van der Waals surface area contributed by atoms with Crippen LogP contribution < -0.4 is 0 Å². The highest BCUT2D eigenvalue weighted by molar-refractivity contribution is 5.92. The molecule has 2 heteroatoms. The maximum atomic E-state index is 12.4. The molecule has 0 bridgehead atoms. The molecule has 4 rings (SSSR count). The number of fused-ring (bicyclic) bond motifs is 5. The molecule has 0 radical (unpaired) electrons. The monoisotopic (exact) mass is 300 g/mol. The quantitative estimate of drug-likeness (QED) is 0.667. The SMILES string of the molecule is CC1=CC(=O)C[C@@H]2CC[C@@H]3[C@H](CC[C@]4(C)C(=O)CC[C@@H]34)[C@@]12C. The fourth-order valence-electron chi connectivity index (χ4n) is 6.83. The van der Waals surface area contributed by atoms with E-state index in [4.69, 9.17) is 0 Å². The van der Waals surface area contributed by atoms with Crippen LogP contribution in [0.25, 0.3) is 0 Å². The van der Waals surface area contributed by atoms with Crippen LogP contribution in [-0.2, 0) is 9.59 Å². The van der Waals surface area contributed by atoms with Crippen molar-refractivity contribution in [2.24, 2.45) is 34.5 Å². The summed E-state index contributed by atoms with van der Waals surface area (Å²) < 4.78 is 0. The minimum absolute atomic E-state index is 0.0352. The number of carbonyl (C=O) groups excluding carboxylic acids is 2. The maximum Gasteiger partial charge on any atom is 0.155 e. The Morgan fingerprint density at radius 2 is 1.82 bits per heavy atom. The Balaban J connectivity index is 1.73. The van der Waals surface area contributed by atoms with Crippen molar-refractivity contribution in [3.05, 3.63) is 11.6 Å². The zero-order chi connectivity index (χ0) is 15.7. The van der Waals surface area contributed by atoms with Crippen molar-refractivity contribution in [3.63, 3.8) is 0 Å². The zero-order valence-corrected chi connectivity index (χ0v) is 14.2. The summed E-state index contributed by atoms with van der Waals surface area (Å²) >= 11 is 0. The smallest absolute Gasteiger partial charge is 0.155 e. The van der Waals surface area contributed by atoms with Gasteiger partial charge in [-0.15, -0.1) is 0 Å². The van der Waals surface area contributed by atoms with Crippen LogP contribution in [0, 0.1) is 34.5 Å². The summed E-state index contributed by atoms with van der Waals surface area (Å²) in [6.07, 6.45) is 9.24. The van der Waals surface area contributed by atoms with E-state index in [-0.39, 0.29) is 10.8 Å². The highest BCUT2D eigenvalue weighted by Gasteiger charge is 2.60. The number of rotatable bonds is 0. The van der Waals surface area contributed by atoms with Crippen LogP contribution in [0.3, 0.4) is 0 Å². The van der Waals surface area contributed by atoms with Gasteiger partial charge in [0.05, 0.1) is 0 Å². The van der Waals surface area contributed by atoms with Crippen molar-refractivity contribution in [2.75, 3.05) is 0 Å². The summed E-state index contributed by atoms with van der Waals surface area (Å²) in [5.41, 5.74) is 1.48. The third kappa shape index (κ3) is 1.67. The Bertz CT molecular complexity index is 574. The molecule has 0 amide bonds. The number of Topliss-reactive ketones (excluding diaryl/α,β-unsaturated/α-hetero) is 1.